The number of ether oxygens (including phenoxy) is 2. The molecule has 326 valence electrons. The number of piperidine rings is 2. The number of alkyl halides is 3. The molecule has 2 saturated carbocycles. The highest BCUT2D eigenvalue weighted by molar-refractivity contribution is 7.18. The fourth-order valence-electron chi connectivity index (χ4n) is 9.51. The maximum Gasteiger partial charge on any atom is 0.433 e. The summed E-state index contributed by atoms with van der Waals surface area (Å²) in [6, 6.07) is 11.2. The Morgan fingerprint density at radius 3 is 2.42 bits per heavy atom. The zero-order chi connectivity index (χ0) is 43.3. The molecule has 62 heavy (non-hydrogen) atoms. The smallest absolute Gasteiger partial charge is 0.433 e. The van der Waals surface area contributed by atoms with Crippen LogP contribution in [0.4, 0.5) is 24.5 Å². The lowest BCUT2D eigenvalue weighted by Gasteiger charge is -2.41. The highest BCUT2D eigenvalue weighted by atomic mass is 32.1. The number of imide groups is 1. The molecule has 13 nitrogen and oxygen atoms in total. The molecule has 4 amide bonds. The lowest BCUT2D eigenvalue weighted by atomic mass is 9.82. The number of anilines is 2. The number of nitrogens with zero attached hydrogens (tertiary/aromatic N) is 4. The third-order valence-corrected chi connectivity index (χ3v) is 14.1. The second-order valence-corrected chi connectivity index (χ2v) is 18.1. The molecule has 9 rings (SSSR count). The minimum Gasteiger partial charge on any atom is -0.494 e. The predicted molar refractivity (Wildman–Crippen MR) is 226 cm³/mol. The Labute approximate surface area is 360 Å². The monoisotopic (exact) mass is 871 g/mol. The third kappa shape index (κ3) is 8.53. The molecule has 0 spiro atoms. The molecule has 4 fully saturated rings. The van der Waals surface area contributed by atoms with Crippen LogP contribution in [0.15, 0.2) is 60.8 Å². The van der Waals surface area contributed by atoms with Crippen molar-refractivity contribution in [2.24, 2.45) is 5.92 Å². The van der Waals surface area contributed by atoms with Crippen LogP contribution in [0.3, 0.4) is 0 Å². The van der Waals surface area contributed by atoms with E-state index in [2.05, 4.69) is 32.4 Å². The second-order valence-electron chi connectivity index (χ2n) is 17.1. The molecule has 17 heteroatoms. The van der Waals surface area contributed by atoms with Crippen LogP contribution in [0, 0.1) is 5.92 Å². The van der Waals surface area contributed by atoms with Gasteiger partial charge >= 0.3 is 6.18 Å². The largest absolute Gasteiger partial charge is 0.494 e. The number of carbonyl (C=O) groups excluding carboxylic acids is 4. The van der Waals surface area contributed by atoms with Gasteiger partial charge in [0.25, 0.3) is 17.7 Å². The number of benzene rings is 2. The summed E-state index contributed by atoms with van der Waals surface area (Å²) in [5.41, 5.74) is 1.46. The van der Waals surface area contributed by atoms with E-state index >= 15 is 0 Å². The van der Waals surface area contributed by atoms with E-state index in [-0.39, 0.29) is 29.9 Å². The van der Waals surface area contributed by atoms with E-state index < -0.39 is 35.6 Å². The standard InChI is InChI=1S/C45H48F3N7O6S/c1-24-9-14-35(41(57)49-24)55-43(58)30-5-3-6-31(39(30)44(55)59)50-27-19-29(20-27)61-28-15-17-54(18-16-28)23-25-10-12-26(13-11-25)42-53-34-21-36(60-2)33(22-37(34)62-42)52-40(56)32-7-4-8-38(51-32)45(46,47)48/h3-8,21-22,25-29,35,50H,1,9-20,23H2,2H3,(H,49,57)(H,52,56). The molecule has 1 unspecified atom stereocenters. The molecular formula is C45H48F3N7O6S. The van der Waals surface area contributed by atoms with Gasteiger partial charge in [-0.2, -0.15) is 13.2 Å². The number of pyridine rings is 1. The van der Waals surface area contributed by atoms with Crippen LogP contribution in [0.1, 0.15) is 112 Å². The maximum atomic E-state index is 13.5. The van der Waals surface area contributed by atoms with Crippen molar-refractivity contribution in [1.29, 1.82) is 0 Å². The first-order valence-corrected chi connectivity index (χ1v) is 22.1. The fourth-order valence-corrected chi connectivity index (χ4v) is 10.7. The molecule has 2 aromatic carbocycles. The zero-order valence-electron chi connectivity index (χ0n) is 34.3. The summed E-state index contributed by atoms with van der Waals surface area (Å²) in [7, 11) is 1.47. The number of methoxy groups -OCH3 is 1. The van der Waals surface area contributed by atoms with Crippen molar-refractivity contribution in [2.75, 3.05) is 37.4 Å². The Morgan fingerprint density at radius 2 is 1.69 bits per heavy atom. The number of rotatable bonds is 11. The van der Waals surface area contributed by atoms with Gasteiger partial charge in [0.2, 0.25) is 5.91 Å². The van der Waals surface area contributed by atoms with Gasteiger partial charge in [0, 0.05) is 49.0 Å². The fraction of sp³-hybridized carbons (Fsp3) is 0.467. The molecule has 5 aliphatic rings. The Hall–Kier alpha value is -5.39. The number of fused-ring (bicyclic) bond motifs is 2. The van der Waals surface area contributed by atoms with Gasteiger partial charge in [-0.3, -0.25) is 24.1 Å². The summed E-state index contributed by atoms with van der Waals surface area (Å²) in [5, 5.41) is 9.87. The van der Waals surface area contributed by atoms with Gasteiger partial charge in [-0.1, -0.05) is 18.7 Å². The van der Waals surface area contributed by atoms with E-state index in [4.69, 9.17) is 14.5 Å². The number of thiazole rings is 1. The van der Waals surface area contributed by atoms with Gasteiger partial charge in [0.05, 0.1) is 51.4 Å². The molecule has 3 aliphatic heterocycles. The summed E-state index contributed by atoms with van der Waals surface area (Å²) < 4.78 is 52.4. The van der Waals surface area contributed by atoms with Gasteiger partial charge in [0.15, 0.2) is 0 Å². The number of halogens is 3. The summed E-state index contributed by atoms with van der Waals surface area (Å²) in [4.78, 5) is 64.5. The number of allylic oxidation sites excluding steroid dienone is 1. The number of hydrogen-bond acceptors (Lipinski definition) is 11. The van der Waals surface area contributed by atoms with Crippen LogP contribution in [0.25, 0.3) is 10.2 Å². The predicted octanol–water partition coefficient (Wildman–Crippen LogP) is 7.76. The van der Waals surface area contributed by atoms with E-state index in [1.165, 1.54) is 13.2 Å². The number of aromatic nitrogens is 2. The van der Waals surface area contributed by atoms with Crippen molar-refractivity contribution in [3.63, 3.8) is 0 Å². The van der Waals surface area contributed by atoms with Crippen molar-refractivity contribution in [1.82, 2.24) is 25.1 Å². The normalized spacial score (nSPS) is 24.8. The average molecular weight is 872 g/mol. The summed E-state index contributed by atoms with van der Waals surface area (Å²) in [6.45, 7) is 6.86. The molecule has 5 heterocycles. The van der Waals surface area contributed by atoms with Gasteiger partial charge < -0.3 is 30.3 Å². The summed E-state index contributed by atoms with van der Waals surface area (Å²) in [5.74, 6) is -0.730. The Bertz CT molecular complexity index is 2420. The molecule has 1 atom stereocenters. The molecule has 2 aromatic heterocycles. The lowest BCUT2D eigenvalue weighted by Crippen LogP contribution is -2.51. The first kappa shape index (κ1) is 41.9. The number of hydrogen-bond donors (Lipinski definition) is 3. The SMILES string of the molecule is C=C1CCC(N2C(=O)c3cccc(NC4CC(OC5CCN(CC6CCC(c7nc8cc(OC)c(NC(=O)c9cccc(C(F)(F)F)n9)cc8s7)CC6)CC5)C4)c3C2=O)C(=O)N1. The number of nitrogens with one attached hydrogen (secondary N) is 3. The number of amides is 4. The van der Waals surface area contributed by atoms with Crippen LogP contribution >= 0.6 is 11.3 Å². The Morgan fingerprint density at radius 1 is 0.935 bits per heavy atom. The topological polar surface area (TPSA) is 155 Å². The van der Waals surface area contributed by atoms with Crippen LogP contribution in [-0.2, 0) is 15.7 Å². The van der Waals surface area contributed by atoms with Gasteiger partial charge in [-0.15, -0.1) is 11.3 Å². The molecule has 2 aliphatic carbocycles. The molecule has 0 bridgehead atoms. The molecule has 2 saturated heterocycles. The van der Waals surface area contributed by atoms with Crippen LogP contribution in [0.2, 0.25) is 0 Å². The molecule has 0 radical (unpaired) electrons. The van der Waals surface area contributed by atoms with Crippen molar-refractivity contribution < 1.29 is 41.8 Å². The van der Waals surface area contributed by atoms with E-state index in [1.54, 1.807) is 35.6 Å². The minimum absolute atomic E-state index is 0.120. The van der Waals surface area contributed by atoms with Crippen molar-refractivity contribution in [3.05, 3.63) is 88.3 Å². The van der Waals surface area contributed by atoms with E-state index in [0.29, 0.717) is 58.6 Å². The lowest BCUT2D eigenvalue weighted by molar-refractivity contribution is -0.141. The first-order valence-electron chi connectivity index (χ1n) is 21.3. The highest BCUT2D eigenvalue weighted by Crippen LogP contribution is 2.42. The van der Waals surface area contributed by atoms with Gasteiger partial charge in [-0.05, 0) is 100 Å². The average Bonchev–Trinajstić information content (AvgIpc) is 3.77. The van der Waals surface area contributed by atoms with Crippen LogP contribution in [0.5, 0.6) is 5.75 Å². The number of likely N-dealkylation sites (tertiary alicyclic amines) is 1. The van der Waals surface area contributed by atoms with E-state index in [0.717, 1.165) is 103 Å². The van der Waals surface area contributed by atoms with Gasteiger partial charge in [-0.25, -0.2) is 9.97 Å². The van der Waals surface area contributed by atoms with Gasteiger partial charge in [0.1, 0.15) is 23.2 Å². The summed E-state index contributed by atoms with van der Waals surface area (Å²) >= 11 is 1.57. The summed E-state index contributed by atoms with van der Waals surface area (Å²) in [6.07, 6.45) is 4.44. The maximum absolute atomic E-state index is 13.5. The number of carbonyl (C=O) groups is 4. The minimum atomic E-state index is -4.66. The molecular weight excluding hydrogens is 824 g/mol. The Balaban J connectivity index is 0.713. The van der Waals surface area contributed by atoms with E-state index in [9.17, 15) is 32.3 Å². The van der Waals surface area contributed by atoms with Crippen LogP contribution < -0.4 is 20.7 Å². The molecule has 4 aromatic rings. The molecule has 3 N–H and O–H groups in total. The van der Waals surface area contributed by atoms with Crippen LogP contribution in [-0.4, -0.2) is 94.4 Å². The highest BCUT2D eigenvalue weighted by Gasteiger charge is 2.46. The Kier molecular flexibility index (Phi) is 11.5. The second kappa shape index (κ2) is 17.1. The van der Waals surface area contributed by atoms with E-state index in [1.807, 2.05) is 6.07 Å². The van der Waals surface area contributed by atoms with Crippen molar-refractivity contribution in [3.8, 4) is 5.75 Å². The van der Waals surface area contributed by atoms with Crippen molar-refractivity contribution in [2.45, 2.75) is 101 Å². The zero-order valence-corrected chi connectivity index (χ0v) is 35.1. The quantitative estimate of drug-likeness (QED) is 0.128. The third-order valence-electron chi connectivity index (χ3n) is 12.9. The first-order chi connectivity index (χ1) is 29.8. The van der Waals surface area contributed by atoms with Crippen molar-refractivity contribution >= 4 is 56.6 Å².